The van der Waals surface area contributed by atoms with Crippen LogP contribution in [0.5, 0.6) is 17.2 Å². The van der Waals surface area contributed by atoms with E-state index >= 15 is 0 Å². The Morgan fingerprint density at radius 2 is 1.53 bits per heavy atom. The van der Waals surface area contributed by atoms with Gasteiger partial charge in [0.1, 0.15) is 5.82 Å². The minimum atomic E-state index is -1.37. The number of rotatable bonds is 5. The maximum absolute atomic E-state index is 14.6. The lowest BCUT2D eigenvalue weighted by Gasteiger charge is -2.49. The summed E-state index contributed by atoms with van der Waals surface area (Å²) in [5, 5.41) is 10.5. The molecule has 0 bridgehead atoms. The van der Waals surface area contributed by atoms with Crippen LogP contribution in [0.25, 0.3) is 0 Å². The minimum Gasteiger partial charge on any atom is -0.502 e. The van der Waals surface area contributed by atoms with Crippen LogP contribution in [0.2, 0.25) is 5.02 Å². The Bertz CT molecular complexity index is 1890. The van der Waals surface area contributed by atoms with Crippen molar-refractivity contribution in [2.45, 2.75) is 25.7 Å². The largest absolute Gasteiger partial charge is 0.502 e. The van der Waals surface area contributed by atoms with Gasteiger partial charge in [0, 0.05) is 9.49 Å². The van der Waals surface area contributed by atoms with E-state index in [1.807, 2.05) is 18.2 Å². The number of hydrogen-bond donors (Lipinski definition) is 1. The van der Waals surface area contributed by atoms with Crippen molar-refractivity contribution in [2.24, 2.45) is 29.1 Å². The number of methoxy groups -OCH3 is 2. The average molecular weight is 771 g/mol. The Morgan fingerprint density at radius 3 is 2.15 bits per heavy atom. The minimum absolute atomic E-state index is 0.104. The van der Waals surface area contributed by atoms with Crippen LogP contribution in [-0.4, -0.2) is 43.0 Å². The number of allylic oxidation sites excluding steroid dienone is 2. The summed E-state index contributed by atoms with van der Waals surface area (Å²) in [6.45, 7) is 1.72. The van der Waals surface area contributed by atoms with Crippen LogP contribution in [0.3, 0.4) is 0 Å². The number of aromatic hydroxyl groups is 1. The molecule has 0 unspecified atom stereocenters. The highest BCUT2D eigenvalue weighted by atomic mass is 127. The molecule has 3 fully saturated rings. The summed E-state index contributed by atoms with van der Waals surface area (Å²) in [6.07, 6.45) is 2.34. The zero-order valence-electron chi connectivity index (χ0n) is 25.5. The summed E-state index contributed by atoms with van der Waals surface area (Å²) in [4.78, 5) is 59.3. The van der Waals surface area contributed by atoms with E-state index in [1.165, 1.54) is 31.3 Å². The van der Waals surface area contributed by atoms with E-state index in [0.29, 0.717) is 11.3 Å². The third-order valence-corrected chi connectivity index (χ3v) is 11.4. The van der Waals surface area contributed by atoms with Gasteiger partial charge in [-0.05, 0) is 108 Å². The highest BCUT2D eigenvalue weighted by Crippen LogP contribution is 2.64. The molecule has 2 heterocycles. The van der Waals surface area contributed by atoms with Gasteiger partial charge in [0.05, 0.1) is 53.8 Å². The number of ether oxygens (including phenoxy) is 2. The third kappa shape index (κ3) is 4.52. The summed E-state index contributed by atoms with van der Waals surface area (Å²) >= 11 is 8.24. The van der Waals surface area contributed by atoms with E-state index in [1.54, 1.807) is 31.2 Å². The second-order valence-electron chi connectivity index (χ2n) is 12.5. The number of nitrogens with zero attached hydrogens (tertiary/aromatic N) is 2. The molecule has 12 heteroatoms. The van der Waals surface area contributed by atoms with E-state index < -0.39 is 52.6 Å². The molecule has 2 saturated heterocycles. The van der Waals surface area contributed by atoms with Gasteiger partial charge in [-0.25, -0.2) is 9.29 Å². The van der Waals surface area contributed by atoms with Crippen molar-refractivity contribution in [3.63, 3.8) is 0 Å². The predicted octanol–water partition coefficient (Wildman–Crippen LogP) is 6.24. The Hall–Kier alpha value is -3.97. The number of fused-ring (bicyclic) bond motifs is 4. The molecule has 4 amide bonds. The zero-order chi connectivity index (χ0) is 33.5. The van der Waals surface area contributed by atoms with Gasteiger partial charge in [-0.3, -0.25) is 24.1 Å². The molecule has 0 aromatic heterocycles. The van der Waals surface area contributed by atoms with Gasteiger partial charge in [-0.2, -0.15) is 0 Å². The second-order valence-corrected chi connectivity index (χ2v) is 14.2. The monoisotopic (exact) mass is 770 g/mol. The first-order valence-corrected chi connectivity index (χ1v) is 16.5. The summed E-state index contributed by atoms with van der Waals surface area (Å²) in [7, 11) is 2.78. The number of phenolic OH excluding ortho intramolecular Hbond substituents is 1. The van der Waals surface area contributed by atoms with E-state index in [9.17, 15) is 28.7 Å². The van der Waals surface area contributed by atoms with E-state index in [0.717, 1.165) is 20.1 Å². The number of halogens is 3. The van der Waals surface area contributed by atoms with Gasteiger partial charge in [0.25, 0.3) is 0 Å². The van der Waals surface area contributed by atoms with E-state index in [4.69, 9.17) is 21.1 Å². The molecule has 1 saturated carbocycles. The maximum atomic E-state index is 14.6. The van der Waals surface area contributed by atoms with Gasteiger partial charge in [-0.15, -0.1) is 0 Å². The Morgan fingerprint density at radius 1 is 0.894 bits per heavy atom. The summed E-state index contributed by atoms with van der Waals surface area (Å²) in [6, 6.07) is 14.0. The normalized spacial score (nSPS) is 28.2. The zero-order valence-corrected chi connectivity index (χ0v) is 28.4. The van der Waals surface area contributed by atoms with Crippen molar-refractivity contribution < 1.29 is 38.1 Å². The number of amides is 4. The van der Waals surface area contributed by atoms with E-state index in [-0.39, 0.29) is 52.6 Å². The molecule has 3 aromatic carbocycles. The van der Waals surface area contributed by atoms with Crippen molar-refractivity contribution in [1.29, 1.82) is 0 Å². The molecule has 242 valence electrons. The fourth-order valence-corrected chi connectivity index (χ4v) is 8.73. The number of phenols is 1. The summed E-state index contributed by atoms with van der Waals surface area (Å²) in [5.74, 6) is -6.01. The smallest absolute Gasteiger partial charge is 0.241 e. The molecule has 0 radical (unpaired) electrons. The number of carbonyl (C=O) groups excluding carboxylic acids is 4. The first-order chi connectivity index (χ1) is 22.4. The van der Waals surface area contributed by atoms with Crippen LogP contribution in [0.4, 0.5) is 15.8 Å². The molecule has 2 aliphatic heterocycles. The standard InChI is InChI=1S/C35H29ClFIN2O7/c1-35-23(32(43)40(34(35)45)19-8-11-25(37)24(36)14-19)15-22-20(29(35)16-12-26(46-2)30(41)27(13-16)47-3)9-10-21-28(22)33(44)39(31(21)42)18-6-4-17(38)5-7-18/h4-9,11-14,21-23,28-29,41H,10,15H2,1-3H3/t21-,22+,23-,28-,29-,35+/m0/s1. The lowest BCUT2D eigenvalue weighted by Crippen LogP contribution is -2.48. The first kappa shape index (κ1) is 31.6. The summed E-state index contributed by atoms with van der Waals surface area (Å²) in [5.41, 5.74) is 0.526. The lowest BCUT2D eigenvalue weighted by molar-refractivity contribution is -0.131. The Labute approximate surface area is 288 Å². The Balaban J connectivity index is 1.40. The second kappa shape index (κ2) is 11.3. The van der Waals surface area contributed by atoms with Gasteiger partial charge in [-0.1, -0.05) is 23.3 Å². The van der Waals surface area contributed by atoms with Crippen molar-refractivity contribution >= 4 is 69.2 Å². The molecule has 6 atom stereocenters. The lowest BCUT2D eigenvalue weighted by atomic mass is 9.51. The van der Waals surface area contributed by atoms with Crippen molar-refractivity contribution in [2.75, 3.05) is 24.0 Å². The maximum Gasteiger partial charge on any atom is 0.241 e. The molecule has 2 aliphatic carbocycles. The molecule has 7 rings (SSSR count). The van der Waals surface area contributed by atoms with Crippen LogP contribution in [0, 0.1) is 38.5 Å². The van der Waals surface area contributed by atoms with Gasteiger partial charge in [0.15, 0.2) is 11.5 Å². The molecule has 47 heavy (non-hydrogen) atoms. The predicted molar refractivity (Wildman–Crippen MR) is 179 cm³/mol. The number of anilines is 2. The van der Waals surface area contributed by atoms with Crippen LogP contribution in [0.15, 0.2) is 66.2 Å². The molecule has 0 spiro atoms. The molecular formula is C35H29ClFIN2O7. The first-order valence-electron chi connectivity index (χ1n) is 15.0. The van der Waals surface area contributed by atoms with Crippen LogP contribution in [0.1, 0.15) is 31.2 Å². The van der Waals surface area contributed by atoms with Crippen molar-refractivity contribution in [3.05, 3.63) is 86.2 Å². The number of imide groups is 2. The molecular weight excluding hydrogens is 742 g/mol. The van der Waals surface area contributed by atoms with Gasteiger partial charge >= 0.3 is 0 Å². The molecule has 1 N–H and O–H groups in total. The average Bonchev–Trinajstić information content (AvgIpc) is 3.42. The number of carbonyl (C=O) groups is 4. The topological polar surface area (TPSA) is 113 Å². The fraction of sp³-hybridized carbons (Fsp3) is 0.314. The highest BCUT2D eigenvalue weighted by molar-refractivity contribution is 14.1. The summed E-state index contributed by atoms with van der Waals surface area (Å²) < 4.78 is 26.0. The molecule has 3 aromatic rings. The van der Waals surface area contributed by atoms with Crippen LogP contribution < -0.4 is 19.3 Å². The van der Waals surface area contributed by atoms with Crippen LogP contribution >= 0.6 is 34.2 Å². The molecule has 4 aliphatic rings. The Kier molecular flexibility index (Phi) is 7.62. The van der Waals surface area contributed by atoms with Crippen molar-refractivity contribution in [3.8, 4) is 17.2 Å². The van der Waals surface area contributed by atoms with Crippen molar-refractivity contribution in [1.82, 2.24) is 0 Å². The van der Waals surface area contributed by atoms with E-state index in [2.05, 4.69) is 22.6 Å². The quantitative estimate of drug-likeness (QED) is 0.186. The van der Waals surface area contributed by atoms with Crippen LogP contribution in [-0.2, 0) is 19.2 Å². The van der Waals surface area contributed by atoms with Gasteiger partial charge < -0.3 is 14.6 Å². The van der Waals surface area contributed by atoms with Gasteiger partial charge in [0.2, 0.25) is 29.4 Å². The molecule has 9 nitrogen and oxygen atoms in total. The number of benzene rings is 3. The third-order valence-electron chi connectivity index (χ3n) is 10.4. The number of hydrogen-bond acceptors (Lipinski definition) is 7. The highest BCUT2D eigenvalue weighted by Gasteiger charge is 2.67. The fourth-order valence-electron chi connectivity index (χ4n) is 8.19. The SMILES string of the molecule is COc1cc([C@H]2C3=CC[C@@H]4C(=O)N(c5ccc(I)cc5)C(=O)[C@@H]4[C@@H]3C[C@H]3C(=O)N(c4ccc(F)c(Cl)c4)C(=O)[C@@]23C)cc(OC)c1O.